The zero-order valence-electron chi connectivity index (χ0n) is 17.2. The van der Waals surface area contributed by atoms with E-state index < -0.39 is 0 Å². The van der Waals surface area contributed by atoms with Crippen LogP contribution >= 0.6 is 24.0 Å². The first-order chi connectivity index (χ1) is 13.8. The number of halogens is 1. The Bertz CT molecular complexity index is 913. The molecule has 3 aromatic rings. The standard InChI is InChI=1S/C22H28N4O2.HI/c1-4-19-18(20(5-2)28-26-19)15-25-22(23-3)24-13-14-27-21-12-8-10-16-9-6-7-11-17(16)21;/h6-12H,4-5,13-15H2,1-3H3,(H2,23,24,25);1H. The molecule has 0 aliphatic heterocycles. The lowest BCUT2D eigenvalue weighted by Gasteiger charge is -2.13. The van der Waals surface area contributed by atoms with Crippen LogP contribution in [-0.2, 0) is 19.4 Å². The van der Waals surface area contributed by atoms with E-state index in [9.17, 15) is 0 Å². The van der Waals surface area contributed by atoms with Crippen molar-refractivity contribution in [3.63, 3.8) is 0 Å². The number of hydrogen-bond acceptors (Lipinski definition) is 4. The summed E-state index contributed by atoms with van der Waals surface area (Å²) in [4.78, 5) is 4.28. The molecule has 0 saturated carbocycles. The highest BCUT2D eigenvalue weighted by molar-refractivity contribution is 14.0. The van der Waals surface area contributed by atoms with Crippen molar-refractivity contribution in [2.45, 2.75) is 33.2 Å². The second-order valence-electron chi connectivity index (χ2n) is 6.42. The third-order valence-corrected chi connectivity index (χ3v) is 4.66. The van der Waals surface area contributed by atoms with Crippen LogP contribution in [0.5, 0.6) is 5.75 Å². The average molecular weight is 508 g/mol. The largest absolute Gasteiger partial charge is 0.491 e. The number of guanidine groups is 1. The summed E-state index contributed by atoms with van der Waals surface area (Å²) in [7, 11) is 1.76. The number of aliphatic imine (C=N–C) groups is 1. The van der Waals surface area contributed by atoms with Crippen LogP contribution in [0.15, 0.2) is 52.0 Å². The molecule has 6 nitrogen and oxygen atoms in total. The SMILES string of the molecule is CCc1noc(CC)c1CNC(=NC)NCCOc1cccc2ccccc12.I. The fraction of sp³-hybridized carbons (Fsp3) is 0.364. The average Bonchev–Trinajstić information content (AvgIpc) is 3.15. The van der Waals surface area contributed by atoms with Gasteiger partial charge in [-0.05, 0) is 17.9 Å². The molecule has 0 fully saturated rings. The first-order valence-corrected chi connectivity index (χ1v) is 9.78. The molecule has 0 aliphatic carbocycles. The molecule has 2 aromatic carbocycles. The fourth-order valence-corrected chi connectivity index (χ4v) is 3.18. The summed E-state index contributed by atoms with van der Waals surface area (Å²) in [6.07, 6.45) is 1.68. The fourth-order valence-electron chi connectivity index (χ4n) is 3.18. The Morgan fingerprint density at radius 2 is 1.86 bits per heavy atom. The molecule has 0 atom stereocenters. The summed E-state index contributed by atoms with van der Waals surface area (Å²) in [6.45, 7) is 5.98. The van der Waals surface area contributed by atoms with Crippen molar-refractivity contribution in [1.29, 1.82) is 0 Å². The van der Waals surface area contributed by atoms with E-state index in [2.05, 4.69) is 52.8 Å². The molecule has 0 radical (unpaired) electrons. The van der Waals surface area contributed by atoms with Crippen molar-refractivity contribution in [2.75, 3.05) is 20.2 Å². The van der Waals surface area contributed by atoms with E-state index in [1.165, 1.54) is 5.39 Å². The Morgan fingerprint density at radius 1 is 1.07 bits per heavy atom. The predicted octanol–water partition coefficient (Wildman–Crippen LogP) is 4.31. The van der Waals surface area contributed by atoms with Crippen molar-refractivity contribution < 1.29 is 9.26 Å². The van der Waals surface area contributed by atoms with Crippen LogP contribution in [0, 0.1) is 0 Å². The monoisotopic (exact) mass is 508 g/mol. The van der Waals surface area contributed by atoms with E-state index in [0.29, 0.717) is 19.7 Å². The Hall–Kier alpha value is -2.29. The van der Waals surface area contributed by atoms with Gasteiger partial charge in [0.15, 0.2) is 5.96 Å². The summed E-state index contributed by atoms with van der Waals surface area (Å²) in [5.74, 6) is 2.55. The number of hydrogen-bond donors (Lipinski definition) is 2. The number of fused-ring (bicyclic) bond motifs is 1. The Kier molecular flexibility index (Phi) is 9.24. The summed E-state index contributed by atoms with van der Waals surface area (Å²) in [5, 5.41) is 13.1. The highest BCUT2D eigenvalue weighted by Gasteiger charge is 2.13. The number of aryl methyl sites for hydroxylation is 2. The van der Waals surface area contributed by atoms with Gasteiger partial charge in [-0.2, -0.15) is 0 Å². The number of ether oxygens (including phenoxy) is 1. The molecule has 156 valence electrons. The lowest BCUT2D eigenvalue weighted by atomic mass is 10.1. The maximum absolute atomic E-state index is 5.97. The zero-order chi connectivity index (χ0) is 19.8. The minimum absolute atomic E-state index is 0. The Labute approximate surface area is 189 Å². The van der Waals surface area contributed by atoms with Crippen LogP contribution in [0.4, 0.5) is 0 Å². The van der Waals surface area contributed by atoms with Gasteiger partial charge in [0.05, 0.1) is 12.2 Å². The molecule has 2 N–H and O–H groups in total. The van der Waals surface area contributed by atoms with E-state index >= 15 is 0 Å². The van der Waals surface area contributed by atoms with Crippen LogP contribution in [0.2, 0.25) is 0 Å². The minimum Gasteiger partial charge on any atom is -0.491 e. The lowest BCUT2D eigenvalue weighted by Crippen LogP contribution is -2.39. The molecule has 3 rings (SSSR count). The van der Waals surface area contributed by atoms with E-state index in [1.807, 2.05) is 24.3 Å². The molecule has 0 amide bonds. The summed E-state index contributed by atoms with van der Waals surface area (Å²) in [6, 6.07) is 14.3. The summed E-state index contributed by atoms with van der Waals surface area (Å²) < 4.78 is 11.4. The Balaban J connectivity index is 0.00000300. The quantitative estimate of drug-likeness (QED) is 0.205. The van der Waals surface area contributed by atoms with Crippen LogP contribution in [0.1, 0.15) is 30.9 Å². The van der Waals surface area contributed by atoms with Gasteiger partial charge in [-0.3, -0.25) is 4.99 Å². The first-order valence-electron chi connectivity index (χ1n) is 9.78. The van der Waals surface area contributed by atoms with Gasteiger partial charge >= 0.3 is 0 Å². The Morgan fingerprint density at radius 3 is 2.62 bits per heavy atom. The smallest absolute Gasteiger partial charge is 0.191 e. The van der Waals surface area contributed by atoms with Gasteiger partial charge in [-0.1, -0.05) is 55.4 Å². The molecule has 1 aromatic heterocycles. The van der Waals surface area contributed by atoms with Gasteiger partial charge in [0, 0.05) is 31.0 Å². The van der Waals surface area contributed by atoms with E-state index in [0.717, 1.165) is 47.0 Å². The van der Waals surface area contributed by atoms with Gasteiger partial charge < -0.3 is 19.9 Å². The van der Waals surface area contributed by atoms with Crippen molar-refractivity contribution >= 4 is 40.7 Å². The normalized spacial score (nSPS) is 11.2. The molecular weight excluding hydrogens is 479 g/mol. The summed E-state index contributed by atoms with van der Waals surface area (Å²) in [5.41, 5.74) is 2.12. The van der Waals surface area contributed by atoms with Crippen molar-refractivity contribution in [1.82, 2.24) is 15.8 Å². The first kappa shape index (κ1) is 23.0. The molecule has 29 heavy (non-hydrogen) atoms. The number of benzene rings is 2. The van der Waals surface area contributed by atoms with Gasteiger partial charge in [0.2, 0.25) is 0 Å². The van der Waals surface area contributed by atoms with Crippen LogP contribution in [0.25, 0.3) is 10.8 Å². The predicted molar refractivity (Wildman–Crippen MR) is 128 cm³/mol. The third-order valence-electron chi connectivity index (χ3n) is 4.66. The van der Waals surface area contributed by atoms with Crippen LogP contribution in [-0.4, -0.2) is 31.3 Å². The van der Waals surface area contributed by atoms with Crippen molar-refractivity contribution in [2.24, 2.45) is 4.99 Å². The van der Waals surface area contributed by atoms with Crippen LogP contribution < -0.4 is 15.4 Å². The number of aromatic nitrogens is 1. The van der Waals surface area contributed by atoms with E-state index in [-0.39, 0.29) is 24.0 Å². The lowest BCUT2D eigenvalue weighted by molar-refractivity contribution is 0.325. The molecule has 0 saturated heterocycles. The second kappa shape index (κ2) is 11.6. The maximum Gasteiger partial charge on any atom is 0.191 e. The molecule has 0 spiro atoms. The van der Waals surface area contributed by atoms with Crippen LogP contribution in [0.3, 0.4) is 0 Å². The second-order valence-corrected chi connectivity index (χ2v) is 6.42. The highest BCUT2D eigenvalue weighted by Crippen LogP contribution is 2.24. The minimum atomic E-state index is 0. The molecule has 7 heteroatoms. The third kappa shape index (κ3) is 5.85. The maximum atomic E-state index is 5.97. The van der Waals surface area contributed by atoms with Gasteiger partial charge in [-0.15, -0.1) is 24.0 Å². The highest BCUT2D eigenvalue weighted by atomic mass is 127. The number of nitrogens with zero attached hydrogens (tertiary/aromatic N) is 2. The summed E-state index contributed by atoms with van der Waals surface area (Å²) >= 11 is 0. The van der Waals surface area contributed by atoms with Crippen molar-refractivity contribution in [3.05, 3.63) is 59.5 Å². The molecule has 0 bridgehead atoms. The van der Waals surface area contributed by atoms with Gasteiger partial charge in [0.25, 0.3) is 0 Å². The molecule has 1 heterocycles. The number of nitrogens with one attached hydrogen (secondary N) is 2. The molecule has 0 aliphatic rings. The topological polar surface area (TPSA) is 71.7 Å². The van der Waals surface area contributed by atoms with Gasteiger partial charge in [-0.25, -0.2) is 0 Å². The van der Waals surface area contributed by atoms with Gasteiger partial charge in [0.1, 0.15) is 18.1 Å². The molecule has 0 unspecified atom stereocenters. The molecular formula is C22H29IN4O2. The van der Waals surface area contributed by atoms with Crippen molar-refractivity contribution in [3.8, 4) is 5.75 Å². The van der Waals surface area contributed by atoms with E-state index in [1.54, 1.807) is 7.05 Å². The number of rotatable bonds is 8. The zero-order valence-corrected chi connectivity index (χ0v) is 19.5. The van der Waals surface area contributed by atoms with E-state index in [4.69, 9.17) is 9.26 Å².